The van der Waals surface area contributed by atoms with Gasteiger partial charge in [0.2, 0.25) is 11.8 Å². The molecule has 0 heterocycles. The number of halogens is 1. The topological polar surface area (TPSA) is 70.2 Å². The molecule has 0 unspecified atom stereocenters. The SMILES string of the molecule is CCNC(=O)[C@H](C)N[C@H](C)CC(=O)Nc1ccc(Cl)cc1. The molecule has 0 bridgehead atoms. The average molecular weight is 312 g/mol. The number of rotatable bonds is 7. The van der Waals surface area contributed by atoms with Crippen LogP contribution in [0.5, 0.6) is 0 Å². The predicted molar refractivity (Wildman–Crippen MR) is 85.4 cm³/mol. The second-order valence-electron chi connectivity index (χ2n) is 4.94. The Hall–Kier alpha value is -1.59. The minimum atomic E-state index is -0.330. The Morgan fingerprint density at radius 3 is 2.38 bits per heavy atom. The zero-order chi connectivity index (χ0) is 15.8. The third-order valence-corrected chi connectivity index (χ3v) is 3.15. The van der Waals surface area contributed by atoms with Crippen LogP contribution < -0.4 is 16.0 Å². The summed E-state index contributed by atoms with van der Waals surface area (Å²) in [4.78, 5) is 23.5. The van der Waals surface area contributed by atoms with E-state index < -0.39 is 0 Å². The first-order valence-corrected chi connectivity index (χ1v) is 7.39. The fourth-order valence-corrected chi connectivity index (χ4v) is 2.04. The summed E-state index contributed by atoms with van der Waals surface area (Å²) in [6, 6.07) is 6.50. The molecule has 0 saturated heterocycles. The molecule has 0 aliphatic heterocycles. The number of carbonyl (C=O) groups excluding carboxylic acids is 2. The molecule has 5 nitrogen and oxygen atoms in total. The summed E-state index contributed by atoms with van der Waals surface area (Å²) in [5, 5.41) is 9.24. The van der Waals surface area contributed by atoms with E-state index >= 15 is 0 Å². The van der Waals surface area contributed by atoms with Crippen LogP contribution in [0, 0.1) is 0 Å². The van der Waals surface area contributed by atoms with E-state index in [2.05, 4.69) is 16.0 Å². The summed E-state index contributed by atoms with van der Waals surface area (Å²) in [6.45, 7) is 6.11. The van der Waals surface area contributed by atoms with Crippen molar-refractivity contribution in [3.05, 3.63) is 29.3 Å². The molecule has 1 aromatic carbocycles. The van der Waals surface area contributed by atoms with Crippen molar-refractivity contribution in [2.24, 2.45) is 0 Å². The Labute approximate surface area is 130 Å². The summed E-state index contributed by atoms with van der Waals surface area (Å²) >= 11 is 5.78. The van der Waals surface area contributed by atoms with Gasteiger partial charge >= 0.3 is 0 Å². The number of benzene rings is 1. The lowest BCUT2D eigenvalue weighted by atomic mass is 10.2. The molecule has 1 rings (SSSR count). The van der Waals surface area contributed by atoms with Crippen LogP contribution in [0.1, 0.15) is 27.2 Å². The van der Waals surface area contributed by atoms with Gasteiger partial charge < -0.3 is 16.0 Å². The van der Waals surface area contributed by atoms with Gasteiger partial charge in [0.1, 0.15) is 0 Å². The maximum absolute atomic E-state index is 11.9. The maximum atomic E-state index is 11.9. The average Bonchev–Trinajstić information content (AvgIpc) is 2.41. The quantitative estimate of drug-likeness (QED) is 0.723. The lowest BCUT2D eigenvalue weighted by molar-refractivity contribution is -0.123. The molecule has 0 aromatic heterocycles. The number of hydrogen-bond acceptors (Lipinski definition) is 3. The minimum Gasteiger partial charge on any atom is -0.355 e. The number of amides is 2. The molecule has 2 amide bonds. The Morgan fingerprint density at radius 2 is 1.81 bits per heavy atom. The number of nitrogens with one attached hydrogen (secondary N) is 3. The van der Waals surface area contributed by atoms with Crippen molar-refractivity contribution in [3.8, 4) is 0 Å². The molecule has 0 fully saturated rings. The molecule has 0 saturated carbocycles. The van der Waals surface area contributed by atoms with Gasteiger partial charge in [0, 0.05) is 29.7 Å². The Balaban J connectivity index is 2.40. The van der Waals surface area contributed by atoms with Crippen LogP contribution in [-0.4, -0.2) is 30.4 Å². The maximum Gasteiger partial charge on any atom is 0.236 e. The van der Waals surface area contributed by atoms with E-state index in [-0.39, 0.29) is 30.3 Å². The number of carbonyl (C=O) groups is 2. The van der Waals surface area contributed by atoms with E-state index in [0.717, 1.165) is 0 Å². The molecule has 0 radical (unpaired) electrons. The smallest absolute Gasteiger partial charge is 0.236 e. The highest BCUT2D eigenvalue weighted by atomic mass is 35.5. The summed E-state index contributed by atoms with van der Waals surface area (Å²) in [6.07, 6.45) is 0.284. The Bertz CT molecular complexity index is 476. The second-order valence-corrected chi connectivity index (χ2v) is 5.38. The molecule has 6 heteroatoms. The van der Waals surface area contributed by atoms with E-state index in [9.17, 15) is 9.59 Å². The van der Waals surface area contributed by atoms with Crippen molar-refractivity contribution in [1.82, 2.24) is 10.6 Å². The third kappa shape index (κ3) is 6.60. The standard InChI is InChI=1S/C15H22ClN3O2/c1-4-17-15(21)11(3)18-10(2)9-14(20)19-13-7-5-12(16)6-8-13/h5-8,10-11,18H,4,9H2,1-3H3,(H,17,21)(H,19,20)/t10-,11+/m1/s1. The van der Waals surface area contributed by atoms with Gasteiger partial charge in [0.25, 0.3) is 0 Å². The highest BCUT2D eigenvalue weighted by Gasteiger charge is 2.16. The van der Waals surface area contributed by atoms with E-state index in [1.807, 2.05) is 13.8 Å². The molecule has 3 N–H and O–H groups in total. The molecule has 116 valence electrons. The summed E-state index contributed by atoms with van der Waals surface area (Å²) < 4.78 is 0. The first-order valence-electron chi connectivity index (χ1n) is 7.01. The van der Waals surface area contributed by atoms with Gasteiger partial charge in [0.15, 0.2) is 0 Å². The normalized spacial score (nSPS) is 13.3. The van der Waals surface area contributed by atoms with Gasteiger partial charge in [-0.25, -0.2) is 0 Å². The summed E-state index contributed by atoms with van der Waals surface area (Å²) in [5.41, 5.74) is 0.702. The van der Waals surface area contributed by atoms with E-state index in [1.54, 1.807) is 31.2 Å². The highest BCUT2D eigenvalue weighted by molar-refractivity contribution is 6.30. The zero-order valence-corrected chi connectivity index (χ0v) is 13.3. The summed E-state index contributed by atoms with van der Waals surface area (Å²) in [7, 11) is 0. The van der Waals surface area contributed by atoms with Crippen molar-refractivity contribution < 1.29 is 9.59 Å². The van der Waals surface area contributed by atoms with Crippen LogP contribution in [0.2, 0.25) is 5.02 Å². The van der Waals surface area contributed by atoms with Gasteiger partial charge in [-0.05, 0) is 45.0 Å². The monoisotopic (exact) mass is 311 g/mol. The van der Waals surface area contributed by atoms with Crippen LogP contribution in [0.15, 0.2) is 24.3 Å². The van der Waals surface area contributed by atoms with Crippen LogP contribution in [0.25, 0.3) is 0 Å². The van der Waals surface area contributed by atoms with Crippen LogP contribution >= 0.6 is 11.6 Å². The summed E-state index contributed by atoms with van der Waals surface area (Å²) in [5.74, 6) is -0.178. The number of anilines is 1. The van der Waals surface area contributed by atoms with Crippen molar-refractivity contribution in [2.45, 2.75) is 39.3 Å². The van der Waals surface area contributed by atoms with Crippen LogP contribution in [0.4, 0.5) is 5.69 Å². The molecule has 2 atom stereocenters. The van der Waals surface area contributed by atoms with Gasteiger partial charge in [-0.2, -0.15) is 0 Å². The lowest BCUT2D eigenvalue weighted by Gasteiger charge is -2.19. The highest BCUT2D eigenvalue weighted by Crippen LogP contribution is 2.13. The molecule has 0 aliphatic rings. The van der Waals surface area contributed by atoms with E-state index in [1.165, 1.54) is 0 Å². The molecule has 0 spiro atoms. The van der Waals surface area contributed by atoms with Gasteiger partial charge in [-0.3, -0.25) is 9.59 Å². The molecule has 0 aliphatic carbocycles. The Kier molecular flexibility index (Phi) is 7.19. The third-order valence-electron chi connectivity index (χ3n) is 2.90. The lowest BCUT2D eigenvalue weighted by Crippen LogP contribution is -2.46. The number of likely N-dealkylation sites (N-methyl/N-ethyl adjacent to an activating group) is 1. The van der Waals surface area contributed by atoms with Crippen LogP contribution in [0.3, 0.4) is 0 Å². The molecule has 1 aromatic rings. The fourth-order valence-electron chi connectivity index (χ4n) is 1.91. The van der Waals surface area contributed by atoms with Gasteiger partial charge in [-0.1, -0.05) is 11.6 Å². The Morgan fingerprint density at radius 1 is 1.19 bits per heavy atom. The minimum absolute atomic E-state index is 0.0672. The van der Waals surface area contributed by atoms with Gasteiger partial charge in [0.05, 0.1) is 6.04 Å². The predicted octanol–water partition coefficient (Wildman–Crippen LogP) is 2.17. The van der Waals surface area contributed by atoms with Crippen molar-refractivity contribution >= 4 is 29.1 Å². The van der Waals surface area contributed by atoms with Crippen molar-refractivity contribution in [2.75, 3.05) is 11.9 Å². The first-order chi connectivity index (χ1) is 9.92. The van der Waals surface area contributed by atoms with Crippen molar-refractivity contribution in [3.63, 3.8) is 0 Å². The van der Waals surface area contributed by atoms with Gasteiger partial charge in [-0.15, -0.1) is 0 Å². The number of hydrogen-bond donors (Lipinski definition) is 3. The molecular weight excluding hydrogens is 290 g/mol. The van der Waals surface area contributed by atoms with Crippen LogP contribution in [-0.2, 0) is 9.59 Å². The van der Waals surface area contributed by atoms with Crippen molar-refractivity contribution in [1.29, 1.82) is 0 Å². The zero-order valence-electron chi connectivity index (χ0n) is 12.6. The largest absolute Gasteiger partial charge is 0.355 e. The van der Waals surface area contributed by atoms with E-state index in [0.29, 0.717) is 17.3 Å². The second kappa shape index (κ2) is 8.64. The first kappa shape index (κ1) is 17.5. The fraction of sp³-hybridized carbons (Fsp3) is 0.467. The van der Waals surface area contributed by atoms with E-state index in [4.69, 9.17) is 11.6 Å². The molecule has 21 heavy (non-hydrogen) atoms. The molecular formula is C15H22ClN3O2.